The van der Waals surface area contributed by atoms with Crippen LogP contribution >= 0.6 is 0 Å². The number of sulfonamides is 1. The summed E-state index contributed by atoms with van der Waals surface area (Å²) in [5, 5.41) is 0. The summed E-state index contributed by atoms with van der Waals surface area (Å²) in [5.41, 5.74) is 0.968. The molecule has 1 amide bonds. The monoisotopic (exact) mass is 339 g/mol. The lowest BCUT2D eigenvalue weighted by Gasteiger charge is -2.09. The number of ketones is 1. The molecule has 1 rings (SSSR count). The number of benzene rings is 1. The van der Waals surface area contributed by atoms with Crippen molar-refractivity contribution in [3.63, 3.8) is 0 Å². The fourth-order valence-electron chi connectivity index (χ4n) is 1.90. The maximum absolute atomic E-state index is 12.1. The third-order valence-corrected chi connectivity index (χ3v) is 4.89. The second-order valence-electron chi connectivity index (χ2n) is 6.24. The van der Waals surface area contributed by atoms with Crippen molar-refractivity contribution in [1.29, 1.82) is 0 Å². The van der Waals surface area contributed by atoms with E-state index in [9.17, 15) is 18.0 Å². The van der Waals surface area contributed by atoms with Gasteiger partial charge in [-0.05, 0) is 30.5 Å². The van der Waals surface area contributed by atoms with Gasteiger partial charge in [-0.25, -0.2) is 13.1 Å². The fourth-order valence-corrected chi connectivity index (χ4v) is 3.01. The Morgan fingerprint density at radius 2 is 1.57 bits per heavy atom. The predicted octanol–water partition coefficient (Wildman–Crippen LogP) is 2.70. The Labute approximate surface area is 138 Å². The molecule has 0 aliphatic carbocycles. The summed E-state index contributed by atoms with van der Waals surface area (Å²) < 4.78 is 26.2. The van der Waals surface area contributed by atoms with Crippen molar-refractivity contribution in [1.82, 2.24) is 4.72 Å². The number of hydrogen-bond donors (Lipinski definition) is 1. The lowest BCUT2D eigenvalue weighted by molar-refractivity contribution is -0.122. The number of carbonyl (C=O) groups is 2. The second-order valence-corrected chi connectivity index (χ2v) is 7.93. The van der Waals surface area contributed by atoms with Crippen LogP contribution in [0.25, 0.3) is 0 Å². The zero-order valence-electron chi connectivity index (χ0n) is 14.1. The van der Waals surface area contributed by atoms with Crippen LogP contribution in [0, 0.1) is 11.8 Å². The van der Waals surface area contributed by atoms with Gasteiger partial charge in [0.15, 0.2) is 0 Å². The Hall–Kier alpha value is -1.69. The molecule has 23 heavy (non-hydrogen) atoms. The van der Waals surface area contributed by atoms with Crippen molar-refractivity contribution in [2.45, 2.75) is 51.9 Å². The van der Waals surface area contributed by atoms with Gasteiger partial charge >= 0.3 is 0 Å². The third kappa shape index (κ3) is 6.14. The molecular weight excluding hydrogens is 314 g/mol. The van der Waals surface area contributed by atoms with E-state index in [1.54, 1.807) is 26.0 Å². The number of hydrogen-bond acceptors (Lipinski definition) is 4. The molecule has 128 valence electrons. The number of carbonyl (C=O) groups excluding carboxylic acids is 2. The molecule has 0 saturated heterocycles. The quantitative estimate of drug-likeness (QED) is 0.789. The molecular formula is C17H25NO4S. The van der Waals surface area contributed by atoms with Crippen molar-refractivity contribution < 1.29 is 18.0 Å². The number of nitrogens with one attached hydrogen (secondary N) is 1. The first-order valence-corrected chi connectivity index (χ1v) is 9.30. The first kappa shape index (κ1) is 19.4. The SMILES string of the molecule is CC(C)C(=O)CCCc1ccc(S(=O)(=O)NC(=O)C(C)C)cc1. The molecule has 0 unspecified atom stereocenters. The van der Waals surface area contributed by atoms with Gasteiger partial charge in [0.1, 0.15) is 5.78 Å². The van der Waals surface area contributed by atoms with E-state index in [2.05, 4.69) is 4.72 Å². The van der Waals surface area contributed by atoms with Crippen LogP contribution in [-0.2, 0) is 26.0 Å². The average molecular weight is 339 g/mol. The molecule has 5 nitrogen and oxygen atoms in total. The van der Waals surface area contributed by atoms with E-state index < -0.39 is 21.8 Å². The van der Waals surface area contributed by atoms with Crippen LogP contribution in [0.3, 0.4) is 0 Å². The normalized spacial score (nSPS) is 11.7. The van der Waals surface area contributed by atoms with Crippen LogP contribution in [0.2, 0.25) is 0 Å². The molecule has 0 saturated carbocycles. The molecule has 0 aromatic heterocycles. The van der Waals surface area contributed by atoms with Crippen LogP contribution < -0.4 is 4.72 Å². The summed E-state index contributed by atoms with van der Waals surface area (Å²) >= 11 is 0. The van der Waals surface area contributed by atoms with Crippen molar-refractivity contribution in [3.05, 3.63) is 29.8 Å². The summed E-state index contributed by atoms with van der Waals surface area (Å²) in [6, 6.07) is 6.40. The molecule has 0 aliphatic heterocycles. The zero-order valence-corrected chi connectivity index (χ0v) is 14.9. The summed E-state index contributed by atoms with van der Waals surface area (Å²) in [7, 11) is -3.82. The van der Waals surface area contributed by atoms with E-state index in [0.29, 0.717) is 6.42 Å². The molecule has 0 fully saturated rings. The Morgan fingerprint density at radius 1 is 1.00 bits per heavy atom. The van der Waals surface area contributed by atoms with Crippen LogP contribution in [0.4, 0.5) is 0 Å². The minimum atomic E-state index is -3.82. The van der Waals surface area contributed by atoms with Gasteiger partial charge < -0.3 is 0 Å². The molecule has 1 aromatic carbocycles. The van der Waals surface area contributed by atoms with Gasteiger partial charge in [0.25, 0.3) is 10.0 Å². The maximum Gasteiger partial charge on any atom is 0.264 e. The number of amides is 1. The summed E-state index contributed by atoms with van der Waals surface area (Å²) in [6.07, 6.45) is 1.99. The Bertz CT molecular complexity index is 646. The largest absolute Gasteiger partial charge is 0.299 e. The van der Waals surface area contributed by atoms with Gasteiger partial charge in [0.2, 0.25) is 5.91 Å². The van der Waals surface area contributed by atoms with E-state index in [0.717, 1.165) is 18.4 Å². The van der Waals surface area contributed by atoms with Gasteiger partial charge in [-0.15, -0.1) is 0 Å². The number of Topliss-reactive ketones (excluding diaryl/α,β-unsaturated/α-hetero) is 1. The third-order valence-electron chi connectivity index (χ3n) is 3.53. The lowest BCUT2D eigenvalue weighted by atomic mass is 10.0. The first-order valence-electron chi connectivity index (χ1n) is 7.82. The fraction of sp³-hybridized carbons (Fsp3) is 0.529. The summed E-state index contributed by atoms with van der Waals surface area (Å²) in [6.45, 7) is 7.03. The van der Waals surface area contributed by atoms with Crippen molar-refractivity contribution in [2.24, 2.45) is 11.8 Å². The molecule has 0 aliphatic rings. The van der Waals surface area contributed by atoms with Gasteiger partial charge in [0.05, 0.1) is 4.90 Å². The van der Waals surface area contributed by atoms with Crippen molar-refractivity contribution in [3.8, 4) is 0 Å². The topological polar surface area (TPSA) is 80.3 Å². The van der Waals surface area contributed by atoms with Crippen LogP contribution in [0.15, 0.2) is 29.2 Å². The highest BCUT2D eigenvalue weighted by atomic mass is 32.2. The highest BCUT2D eigenvalue weighted by molar-refractivity contribution is 7.90. The van der Waals surface area contributed by atoms with E-state index in [1.165, 1.54) is 12.1 Å². The summed E-state index contributed by atoms with van der Waals surface area (Å²) in [5.74, 6) is -0.642. The lowest BCUT2D eigenvalue weighted by Crippen LogP contribution is -2.33. The van der Waals surface area contributed by atoms with E-state index in [1.807, 2.05) is 13.8 Å². The van der Waals surface area contributed by atoms with Gasteiger partial charge in [-0.1, -0.05) is 39.8 Å². The maximum atomic E-state index is 12.1. The minimum absolute atomic E-state index is 0.0482. The molecule has 0 spiro atoms. The van der Waals surface area contributed by atoms with E-state index in [4.69, 9.17) is 0 Å². The Kier molecular flexibility index (Phi) is 6.94. The minimum Gasteiger partial charge on any atom is -0.299 e. The Morgan fingerprint density at radius 3 is 2.04 bits per heavy atom. The summed E-state index contributed by atoms with van der Waals surface area (Å²) in [4.78, 5) is 23.2. The predicted molar refractivity (Wildman–Crippen MR) is 89.4 cm³/mol. The molecule has 0 bridgehead atoms. The van der Waals surface area contributed by atoms with Crippen LogP contribution in [0.1, 0.15) is 46.1 Å². The number of rotatable bonds is 8. The Balaban J connectivity index is 2.66. The zero-order chi connectivity index (χ0) is 17.6. The van der Waals surface area contributed by atoms with Crippen molar-refractivity contribution in [2.75, 3.05) is 0 Å². The molecule has 0 atom stereocenters. The molecule has 1 N–H and O–H groups in total. The average Bonchev–Trinajstić information content (AvgIpc) is 2.47. The standard InChI is InChI=1S/C17H25NO4S/c1-12(2)16(19)7-5-6-14-8-10-15(11-9-14)23(21,22)18-17(20)13(3)4/h8-13H,5-7H2,1-4H3,(H,18,20). The van der Waals surface area contributed by atoms with Crippen LogP contribution in [-0.4, -0.2) is 20.1 Å². The number of aryl methyl sites for hydroxylation is 1. The molecule has 6 heteroatoms. The second kappa shape index (κ2) is 8.24. The van der Waals surface area contributed by atoms with Crippen molar-refractivity contribution >= 4 is 21.7 Å². The smallest absolute Gasteiger partial charge is 0.264 e. The molecule has 1 aromatic rings. The molecule has 0 heterocycles. The highest BCUT2D eigenvalue weighted by Crippen LogP contribution is 2.14. The highest BCUT2D eigenvalue weighted by Gasteiger charge is 2.19. The first-order chi connectivity index (χ1) is 10.6. The van der Waals surface area contributed by atoms with Gasteiger partial charge in [-0.2, -0.15) is 0 Å². The van der Waals surface area contributed by atoms with E-state index in [-0.39, 0.29) is 16.6 Å². The van der Waals surface area contributed by atoms with Crippen LogP contribution in [0.5, 0.6) is 0 Å². The van der Waals surface area contributed by atoms with Gasteiger partial charge in [0, 0.05) is 18.3 Å². The van der Waals surface area contributed by atoms with Gasteiger partial charge in [-0.3, -0.25) is 9.59 Å². The molecule has 0 radical (unpaired) electrons. The van der Waals surface area contributed by atoms with E-state index >= 15 is 0 Å².